The number of ketones is 1. The van der Waals surface area contributed by atoms with Gasteiger partial charge in [0, 0.05) is 25.0 Å². The lowest BCUT2D eigenvalue weighted by Crippen LogP contribution is -2.49. The normalized spacial score (nSPS) is 29.4. The van der Waals surface area contributed by atoms with Crippen LogP contribution >= 0.6 is 0 Å². The zero-order valence-electron chi connectivity index (χ0n) is 29.5. The number of fused-ring (bicyclic) bond motifs is 1. The number of allylic oxidation sites excluding steroid dienone is 17. The van der Waals surface area contributed by atoms with E-state index in [9.17, 15) is 9.90 Å². The van der Waals surface area contributed by atoms with Gasteiger partial charge in [0.15, 0.2) is 5.78 Å². The molecule has 3 rings (SSSR count). The molecule has 4 atom stereocenters. The standard InChI is InChI=1S/C41H56O4/c1-28(18-14-19-30(3)22-23-34-38(32(5)42)36(44-11)27-39(34,6)7)16-12-13-17-29(2)20-15-21-31(4)35-24-37-40(8,9)25-33(43)26-41(37,10)45-35/h12-24,33,36-37,43H,25-27H2,1-11H3/b13-12+,18-14+,20-15+,23-22+,28-16+,29-17+,30-19+,31-21+/t33-,36?,37?,41+/m0/s1. The molecule has 4 nitrogen and oxygen atoms in total. The summed E-state index contributed by atoms with van der Waals surface area (Å²) in [5.41, 5.74) is 5.95. The number of carbonyl (C=O) groups is 1. The SMILES string of the molecule is COC1CC(C)(C)C(/C=C/C(C)=C/C=C/C(C)=C/C=C/C=C(C)/C=C/C=C(\C)C2=CC3C(C)(C)C[C@H](O)C[C@@]3(C)O2)=C1C(C)=O. The average molecular weight is 613 g/mol. The van der Waals surface area contributed by atoms with E-state index in [0.717, 1.165) is 52.0 Å². The van der Waals surface area contributed by atoms with E-state index < -0.39 is 0 Å². The molecule has 1 fully saturated rings. The molecule has 0 aromatic carbocycles. The molecular formula is C41H56O4. The van der Waals surface area contributed by atoms with Crippen molar-refractivity contribution in [3.05, 3.63) is 118 Å². The maximum atomic E-state index is 12.3. The van der Waals surface area contributed by atoms with E-state index in [0.29, 0.717) is 12.3 Å². The van der Waals surface area contributed by atoms with Crippen molar-refractivity contribution in [3.8, 4) is 0 Å². The lowest BCUT2D eigenvalue weighted by molar-refractivity contribution is -0.114. The van der Waals surface area contributed by atoms with Gasteiger partial charge in [0.25, 0.3) is 0 Å². The molecule has 1 aliphatic heterocycles. The smallest absolute Gasteiger partial charge is 0.158 e. The lowest BCUT2D eigenvalue weighted by Gasteiger charge is -2.47. The summed E-state index contributed by atoms with van der Waals surface area (Å²) in [6.45, 7) is 20.9. The molecule has 2 aliphatic carbocycles. The van der Waals surface area contributed by atoms with Crippen LogP contribution in [0.4, 0.5) is 0 Å². The Hall–Kier alpha value is -3.21. The second-order valence-corrected chi connectivity index (χ2v) is 14.7. The van der Waals surface area contributed by atoms with Crippen LogP contribution in [0.1, 0.15) is 88.5 Å². The van der Waals surface area contributed by atoms with Crippen molar-refractivity contribution in [3.63, 3.8) is 0 Å². The third kappa shape index (κ3) is 9.40. The Kier molecular flexibility index (Phi) is 12.0. The Bertz CT molecular complexity index is 1430. The van der Waals surface area contributed by atoms with Crippen molar-refractivity contribution in [1.82, 2.24) is 0 Å². The highest BCUT2D eigenvalue weighted by Crippen LogP contribution is 2.53. The molecular weight excluding hydrogens is 556 g/mol. The van der Waals surface area contributed by atoms with E-state index in [4.69, 9.17) is 9.47 Å². The Morgan fingerprint density at radius 1 is 0.822 bits per heavy atom. The molecule has 4 heteroatoms. The summed E-state index contributed by atoms with van der Waals surface area (Å²) < 4.78 is 12.0. The van der Waals surface area contributed by atoms with Crippen molar-refractivity contribution in [2.24, 2.45) is 16.7 Å². The van der Waals surface area contributed by atoms with E-state index in [-0.39, 0.29) is 34.4 Å². The van der Waals surface area contributed by atoms with E-state index in [1.54, 1.807) is 14.0 Å². The van der Waals surface area contributed by atoms with Crippen LogP contribution in [0.5, 0.6) is 0 Å². The monoisotopic (exact) mass is 612 g/mol. The van der Waals surface area contributed by atoms with Gasteiger partial charge in [-0.15, -0.1) is 0 Å². The molecule has 45 heavy (non-hydrogen) atoms. The van der Waals surface area contributed by atoms with Gasteiger partial charge in [-0.25, -0.2) is 0 Å². The first kappa shape index (κ1) is 36.3. The molecule has 0 radical (unpaired) electrons. The number of hydrogen-bond acceptors (Lipinski definition) is 4. The Morgan fingerprint density at radius 3 is 1.96 bits per heavy atom. The summed E-state index contributed by atoms with van der Waals surface area (Å²) in [6, 6.07) is 0. The number of ether oxygens (including phenoxy) is 2. The topological polar surface area (TPSA) is 55.8 Å². The Morgan fingerprint density at radius 2 is 1.38 bits per heavy atom. The van der Waals surface area contributed by atoms with Crippen LogP contribution < -0.4 is 0 Å². The fourth-order valence-corrected chi connectivity index (χ4v) is 7.10. The van der Waals surface area contributed by atoms with Gasteiger partial charge in [0.2, 0.25) is 0 Å². The van der Waals surface area contributed by atoms with E-state index in [2.05, 4.69) is 141 Å². The number of hydrogen-bond donors (Lipinski definition) is 1. The van der Waals surface area contributed by atoms with Gasteiger partial charge in [-0.05, 0) is 82.4 Å². The molecule has 3 aliphatic rings. The fraction of sp³-hybridized carbons (Fsp3) is 0.488. The molecule has 0 bridgehead atoms. The maximum Gasteiger partial charge on any atom is 0.158 e. The third-order valence-corrected chi connectivity index (χ3v) is 9.42. The summed E-state index contributed by atoms with van der Waals surface area (Å²) in [5.74, 6) is 1.31. The number of aliphatic hydroxyl groups excluding tert-OH is 1. The lowest BCUT2D eigenvalue weighted by atomic mass is 9.61. The predicted octanol–water partition coefficient (Wildman–Crippen LogP) is 9.80. The minimum absolute atomic E-state index is 0.00760. The van der Waals surface area contributed by atoms with Crippen molar-refractivity contribution in [1.29, 1.82) is 0 Å². The summed E-state index contributed by atoms with van der Waals surface area (Å²) >= 11 is 0. The van der Waals surface area contributed by atoms with Crippen LogP contribution in [0.25, 0.3) is 0 Å². The van der Waals surface area contributed by atoms with E-state index in [1.807, 2.05) is 0 Å². The number of rotatable bonds is 11. The number of carbonyl (C=O) groups excluding carboxylic acids is 1. The van der Waals surface area contributed by atoms with Crippen LogP contribution in [0.15, 0.2) is 118 Å². The van der Waals surface area contributed by atoms with Gasteiger partial charge in [0.1, 0.15) is 11.4 Å². The highest BCUT2D eigenvalue weighted by Gasteiger charge is 2.53. The van der Waals surface area contributed by atoms with Gasteiger partial charge in [-0.3, -0.25) is 4.79 Å². The highest BCUT2D eigenvalue weighted by atomic mass is 16.5. The molecule has 1 heterocycles. The largest absolute Gasteiger partial charge is 0.487 e. The summed E-state index contributed by atoms with van der Waals surface area (Å²) in [5, 5.41) is 10.4. The van der Waals surface area contributed by atoms with Gasteiger partial charge < -0.3 is 14.6 Å². The molecule has 0 amide bonds. The molecule has 1 saturated carbocycles. The zero-order valence-corrected chi connectivity index (χ0v) is 29.5. The molecule has 244 valence electrons. The fourth-order valence-electron chi connectivity index (χ4n) is 7.10. The van der Waals surface area contributed by atoms with Crippen molar-refractivity contribution in [2.75, 3.05) is 7.11 Å². The van der Waals surface area contributed by atoms with Crippen molar-refractivity contribution < 1.29 is 19.4 Å². The van der Waals surface area contributed by atoms with Gasteiger partial charge in [-0.2, -0.15) is 0 Å². The van der Waals surface area contributed by atoms with Crippen LogP contribution in [0.2, 0.25) is 0 Å². The molecule has 0 aromatic heterocycles. The van der Waals surface area contributed by atoms with Crippen LogP contribution in [-0.2, 0) is 14.3 Å². The molecule has 0 spiro atoms. The second-order valence-electron chi connectivity index (χ2n) is 14.7. The van der Waals surface area contributed by atoms with Gasteiger partial charge in [0.05, 0.1) is 12.2 Å². The second kappa shape index (κ2) is 14.9. The molecule has 0 saturated heterocycles. The molecule has 1 N–H and O–H groups in total. The Balaban J connectivity index is 1.55. The van der Waals surface area contributed by atoms with Crippen molar-refractivity contribution in [2.45, 2.75) is 106 Å². The van der Waals surface area contributed by atoms with Crippen molar-refractivity contribution >= 4 is 5.78 Å². The van der Waals surface area contributed by atoms with Gasteiger partial charge >= 0.3 is 0 Å². The van der Waals surface area contributed by atoms with E-state index in [1.165, 1.54) is 0 Å². The highest BCUT2D eigenvalue weighted by molar-refractivity contribution is 5.96. The third-order valence-electron chi connectivity index (χ3n) is 9.42. The minimum atomic E-state index is -0.344. The first-order valence-corrected chi connectivity index (χ1v) is 16.3. The number of methoxy groups -OCH3 is 1. The first-order valence-electron chi connectivity index (χ1n) is 16.3. The quantitative estimate of drug-likeness (QED) is 0.236. The van der Waals surface area contributed by atoms with Crippen LogP contribution in [0, 0.1) is 16.7 Å². The number of Topliss-reactive ketones (excluding diaryl/α,β-unsaturated/α-hetero) is 1. The summed E-state index contributed by atoms with van der Waals surface area (Å²) in [6.07, 6.45) is 29.0. The first-order chi connectivity index (χ1) is 21.0. The average Bonchev–Trinajstić information content (AvgIpc) is 3.42. The maximum absolute atomic E-state index is 12.3. The molecule has 0 aromatic rings. The minimum Gasteiger partial charge on any atom is -0.487 e. The summed E-state index contributed by atoms with van der Waals surface area (Å²) in [7, 11) is 1.68. The summed E-state index contributed by atoms with van der Waals surface area (Å²) in [4.78, 5) is 12.3. The zero-order chi connectivity index (χ0) is 33.6. The number of aliphatic hydroxyl groups is 1. The van der Waals surface area contributed by atoms with Gasteiger partial charge in [-0.1, -0.05) is 117 Å². The van der Waals surface area contributed by atoms with Crippen LogP contribution in [-0.4, -0.2) is 35.8 Å². The van der Waals surface area contributed by atoms with E-state index >= 15 is 0 Å². The predicted molar refractivity (Wildman–Crippen MR) is 189 cm³/mol. The Labute approximate surface area is 273 Å². The molecule has 2 unspecified atom stereocenters. The van der Waals surface area contributed by atoms with Crippen LogP contribution in [0.3, 0.4) is 0 Å².